The van der Waals surface area contributed by atoms with E-state index in [1.807, 2.05) is 41.9 Å². The Morgan fingerprint density at radius 1 is 1.29 bits per heavy atom. The smallest absolute Gasteiger partial charge is 0.0878 e. The van der Waals surface area contributed by atoms with Crippen LogP contribution in [0.2, 0.25) is 0 Å². The number of thiophene rings is 1. The third-order valence-corrected chi connectivity index (χ3v) is 3.69. The predicted molar refractivity (Wildman–Crippen MR) is 72.3 cm³/mol. The monoisotopic (exact) mass is 247 g/mol. The maximum Gasteiger partial charge on any atom is 0.0878 e. The van der Waals surface area contributed by atoms with Crippen molar-refractivity contribution in [3.05, 3.63) is 57.8 Å². The lowest BCUT2D eigenvalue weighted by molar-refractivity contribution is 0.148. The number of rotatable bonds is 4. The number of hydrogen-bond acceptors (Lipinski definition) is 3. The Labute approximate surface area is 106 Å². The molecule has 3 N–H and O–H groups in total. The minimum atomic E-state index is -0.520. The molecule has 0 aliphatic carbocycles. The summed E-state index contributed by atoms with van der Waals surface area (Å²) in [5.41, 5.74) is 9.05. The van der Waals surface area contributed by atoms with E-state index in [-0.39, 0.29) is 5.92 Å². The number of aliphatic hydroxyl groups excluding tert-OH is 1. The number of aliphatic hydroxyl groups is 1. The Hall–Kier alpha value is -1.16. The zero-order valence-corrected chi connectivity index (χ0v) is 10.7. The molecule has 1 heterocycles. The van der Waals surface area contributed by atoms with Crippen LogP contribution < -0.4 is 5.73 Å². The van der Waals surface area contributed by atoms with Crippen LogP contribution in [0.1, 0.15) is 28.7 Å². The first-order valence-electron chi connectivity index (χ1n) is 5.69. The van der Waals surface area contributed by atoms with Gasteiger partial charge in [0.05, 0.1) is 6.10 Å². The standard InChI is InChI=1S/C14H17NOS/c1-10-3-2-4-11(7-10)13(8-15)14(16)12-5-6-17-9-12/h2-7,9,13-14,16H,8,15H2,1H3. The number of nitrogens with two attached hydrogens (primary N) is 1. The van der Waals surface area contributed by atoms with Crippen molar-refractivity contribution in [1.29, 1.82) is 0 Å². The van der Waals surface area contributed by atoms with Crippen molar-refractivity contribution < 1.29 is 5.11 Å². The highest BCUT2D eigenvalue weighted by atomic mass is 32.1. The van der Waals surface area contributed by atoms with Crippen molar-refractivity contribution in [2.75, 3.05) is 6.54 Å². The third kappa shape index (κ3) is 2.75. The molecule has 0 spiro atoms. The van der Waals surface area contributed by atoms with Gasteiger partial charge >= 0.3 is 0 Å². The summed E-state index contributed by atoms with van der Waals surface area (Å²) in [5.74, 6) is -0.0375. The normalized spacial score (nSPS) is 14.5. The molecule has 2 unspecified atom stereocenters. The topological polar surface area (TPSA) is 46.2 Å². The van der Waals surface area contributed by atoms with Crippen molar-refractivity contribution in [3.63, 3.8) is 0 Å². The second-order valence-corrected chi connectivity index (χ2v) is 5.04. The first-order valence-corrected chi connectivity index (χ1v) is 6.63. The van der Waals surface area contributed by atoms with Gasteiger partial charge in [-0.1, -0.05) is 29.8 Å². The Morgan fingerprint density at radius 3 is 2.71 bits per heavy atom. The second-order valence-electron chi connectivity index (χ2n) is 4.26. The summed E-state index contributed by atoms with van der Waals surface area (Å²) < 4.78 is 0. The zero-order valence-electron chi connectivity index (χ0n) is 9.84. The van der Waals surface area contributed by atoms with E-state index < -0.39 is 6.10 Å². The molecule has 0 bridgehead atoms. The number of hydrogen-bond donors (Lipinski definition) is 2. The molecular weight excluding hydrogens is 230 g/mol. The lowest BCUT2D eigenvalue weighted by Gasteiger charge is -2.21. The largest absolute Gasteiger partial charge is 0.388 e. The number of benzene rings is 1. The lowest BCUT2D eigenvalue weighted by atomic mass is 9.89. The maximum absolute atomic E-state index is 10.3. The molecule has 2 atom stereocenters. The molecule has 0 amide bonds. The molecule has 2 aromatic rings. The van der Waals surface area contributed by atoms with E-state index in [1.165, 1.54) is 5.56 Å². The Kier molecular flexibility index (Phi) is 3.94. The summed E-state index contributed by atoms with van der Waals surface area (Å²) in [4.78, 5) is 0. The van der Waals surface area contributed by atoms with Gasteiger partial charge in [0, 0.05) is 12.5 Å². The summed E-state index contributed by atoms with van der Waals surface area (Å²) >= 11 is 1.59. The minimum Gasteiger partial charge on any atom is -0.388 e. The molecule has 0 radical (unpaired) electrons. The summed E-state index contributed by atoms with van der Waals surface area (Å²) in [5, 5.41) is 14.3. The molecule has 1 aromatic carbocycles. The lowest BCUT2D eigenvalue weighted by Crippen LogP contribution is -2.19. The fourth-order valence-electron chi connectivity index (χ4n) is 2.02. The summed E-state index contributed by atoms with van der Waals surface area (Å²) in [7, 11) is 0. The summed E-state index contributed by atoms with van der Waals surface area (Å²) in [6.45, 7) is 2.49. The van der Waals surface area contributed by atoms with Gasteiger partial charge in [-0.25, -0.2) is 0 Å². The highest BCUT2D eigenvalue weighted by molar-refractivity contribution is 7.07. The predicted octanol–water partition coefficient (Wildman–Crippen LogP) is 2.83. The SMILES string of the molecule is Cc1cccc(C(CN)C(O)c2ccsc2)c1. The summed E-state index contributed by atoms with van der Waals surface area (Å²) in [6.07, 6.45) is -0.520. The van der Waals surface area contributed by atoms with Gasteiger partial charge in [-0.2, -0.15) is 11.3 Å². The average molecular weight is 247 g/mol. The van der Waals surface area contributed by atoms with Gasteiger partial charge in [0.2, 0.25) is 0 Å². The van der Waals surface area contributed by atoms with Crippen LogP contribution in [0, 0.1) is 6.92 Å². The Morgan fingerprint density at radius 2 is 2.12 bits per heavy atom. The van der Waals surface area contributed by atoms with Gasteiger partial charge in [0.25, 0.3) is 0 Å². The van der Waals surface area contributed by atoms with E-state index >= 15 is 0 Å². The van der Waals surface area contributed by atoms with Gasteiger partial charge in [-0.05, 0) is 34.9 Å². The molecule has 0 aliphatic heterocycles. The molecule has 3 heteroatoms. The van der Waals surface area contributed by atoms with Gasteiger partial charge in [-0.15, -0.1) is 0 Å². The van der Waals surface area contributed by atoms with Crippen molar-refractivity contribution >= 4 is 11.3 Å². The molecule has 90 valence electrons. The van der Waals surface area contributed by atoms with Crippen LogP contribution in [-0.2, 0) is 0 Å². The molecule has 17 heavy (non-hydrogen) atoms. The maximum atomic E-state index is 10.3. The molecule has 2 nitrogen and oxygen atoms in total. The van der Waals surface area contributed by atoms with Gasteiger partial charge < -0.3 is 10.8 Å². The first-order chi connectivity index (χ1) is 8.22. The Bertz CT molecular complexity index is 467. The highest BCUT2D eigenvalue weighted by Crippen LogP contribution is 2.31. The molecule has 2 rings (SSSR count). The van der Waals surface area contributed by atoms with E-state index in [0.717, 1.165) is 11.1 Å². The quantitative estimate of drug-likeness (QED) is 0.872. The summed E-state index contributed by atoms with van der Waals surface area (Å²) in [6, 6.07) is 10.1. The van der Waals surface area contributed by atoms with Gasteiger partial charge in [0.1, 0.15) is 0 Å². The molecule has 1 aromatic heterocycles. The van der Waals surface area contributed by atoms with Crippen LogP contribution in [0.3, 0.4) is 0 Å². The van der Waals surface area contributed by atoms with Crippen LogP contribution in [0.5, 0.6) is 0 Å². The van der Waals surface area contributed by atoms with Crippen LogP contribution in [0.15, 0.2) is 41.1 Å². The Balaban J connectivity index is 2.27. The van der Waals surface area contributed by atoms with Gasteiger partial charge in [0.15, 0.2) is 0 Å². The minimum absolute atomic E-state index is 0.0375. The van der Waals surface area contributed by atoms with Gasteiger partial charge in [-0.3, -0.25) is 0 Å². The van der Waals surface area contributed by atoms with E-state index in [4.69, 9.17) is 5.73 Å². The van der Waals surface area contributed by atoms with Crippen molar-refractivity contribution in [2.45, 2.75) is 18.9 Å². The number of aryl methyl sites for hydroxylation is 1. The molecular formula is C14H17NOS. The first kappa shape index (κ1) is 12.3. The van der Waals surface area contributed by atoms with Crippen LogP contribution in [-0.4, -0.2) is 11.7 Å². The van der Waals surface area contributed by atoms with E-state index in [2.05, 4.69) is 6.07 Å². The molecule has 0 saturated heterocycles. The highest BCUT2D eigenvalue weighted by Gasteiger charge is 2.21. The second kappa shape index (κ2) is 5.45. The fraction of sp³-hybridized carbons (Fsp3) is 0.286. The van der Waals surface area contributed by atoms with Crippen molar-refractivity contribution in [3.8, 4) is 0 Å². The van der Waals surface area contributed by atoms with Crippen LogP contribution >= 0.6 is 11.3 Å². The van der Waals surface area contributed by atoms with E-state index in [0.29, 0.717) is 6.54 Å². The average Bonchev–Trinajstić information content (AvgIpc) is 2.83. The zero-order chi connectivity index (χ0) is 12.3. The van der Waals surface area contributed by atoms with Crippen molar-refractivity contribution in [2.24, 2.45) is 5.73 Å². The molecule has 0 fully saturated rings. The fourth-order valence-corrected chi connectivity index (χ4v) is 2.71. The van der Waals surface area contributed by atoms with Crippen molar-refractivity contribution in [1.82, 2.24) is 0 Å². The van der Waals surface area contributed by atoms with E-state index in [1.54, 1.807) is 11.3 Å². The van der Waals surface area contributed by atoms with Crippen LogP contribution in [0.4, 0.5) is 0 Å². The molecule has 0 saturated carbocycles. The van der Waals surface area contributed by atoms with E-state index in [9.17, 15) is 5.11 Å². The molecule has 0 aliphatic rings. The third-order valence-electron chi connectivity index (χ3n) is 2.99. The van der Waals surface area contributed by atoms with Crippen LogP contribution in [0.25, 0.3) is 0 Å².